The topological polar surface area (TPSA) is 43.8 Å². The summed E-state index contributed by atoms with van der Waals surface area (Å²) in [6, 6.07) is 7.09. The van der Waals surface area contributed by atoms with Crippen molar-refractivity contribution in [3.05, 3.63) is 45.9 Å². The minimum absolute atomic E-state index is 0.223. The number of fused-ring (bicyclic) bond motifs is 2. The molecule has 5 heteroatoms. The van der Waals surface area contributed by atoms with Crippen LogP contribution < -0.4 is 5.73 Å². The Bertz CT molecular complexity index is 790. The van der Waals surface area contributed by atoms with E-state index in [1.165, 1.54) is 22.6 Å². The Labute approximate surface area is 119 Å². The Morgan fingerprint density at radius 2 is 2.25 bits per heavy atom. The van der Waals surface area contributed by atoms with E-state index in [1.807, 2.05) is 0 Å². The van der Waals surface area contributed by atoms with Gasteiger partial charge in [-0.15, -0.1) is 11.3 Å². The molecule has 20 heavy (non-hydrogen) atoms. The van der Waals surface area contributed by atoms with Crippen molar-refractivity contribution in [3.8, 4) is 0 Å². The molecule has 0 fully saturated rings. The number of imidazole rings is 1. The van der Waals surface area contributed by atoms with Gasteiger partial charge in [0, 0.05) is 10.9 Å². The summed E-state index contributed by atoms with van der Waals surface area (Å²) < 4.78 is 15.4. The molecule has 1 unspecified atom stereocenters. The Hall–Kier alpha value is -1.88. The normalized spacial score (nSPS) is 18.4. The largest absolute Gasteiger partial charge is 0.369 e. The number of hydrogen-bond donors (Lipinski definition) is 1. The Morgan fingerprint density at radius 3 is 3.15 bits per heavy atom. The van der Waals surface area contributed by atoms with E-state index >= 15 is 0 Å². The van der Waals surface area contributed by atoms with Crippen LogP contribution in [0.3, 0.4) is 0 Å². The molecule has 0 aliphatic heterocycles. The first-order valence-electron chi connectivity index (χ1n) is 6.73. The molecule has 0 amide bonds. The average molecular weight is 287 g/mol. The SMILES string of the molecule is Nc1nc2cc(F)ccc2n1C1CCCc2sccc21. The summed E-state index contributed by atoms with van der Waals surface area (Å²) in [6.07, 6.45) is 3.35. The Balaban J connectivity index is 1.94. The fourth-order valence-electron chi connectivity index (χ4n) is 3.15. The summed E-state index contributed by atoms with van der Waals surface area (Å²) in [5.74, 6) is 0.191. The molecule has 4 rings (SSSR count). The van der Waals surface area contributed by atoms with Crippen molar-refractivity contribution < 1.29 is 4.39 Å². The van der Waals surface area contributed by atoms with Gasteiger partial charge in [0.25, 0.3) is 0 Å². The van der Waals surface area contributed by atoms with Crippen LogP contribution in [0.5, 0.6) is 0 Å². The van der Waals surface area contributed by atoms with Crippen LogP contribution in [0.25, 0.3) is 11.0 Å². The number of halogens is 1. The second-order valence-electron chi connectivity index (χ2n) is 5.18. The number of hydrogen-bond acceptors (Lipinski definition) is 3. The van der Waals surface area contributed by atoms with Crippen LogP contribution in [-0.4, -0.2) is 9.55 Å². The quantitative estimate of drug-likeness (QED) is 0.741. The van der Waals surface area contributed by atoms with Crippen LogP contribution >= 0.6 is 11.3 Å². The molecule has 1 aromatic carbocycles. The van der Waals surface area contributed by atoms with Gasteiger partial charge in [-0.3, -0.25) is 0 Å². The zero-order valence-electron chi connectivity index (χ0n) is 10.8. The minimum Gasteiger partial charge on any atom is -0.369 e. The standard InChI is InChI=1S/C15H14FN3S/c16-9-4-5-13-11(8-9)18-15(17)19(13)12-2-1-3-14-10(12)6-7-20-14/h4-8,12H,1-3H2,(H2,17,18). The maximum atomic E-state index is 13.3. The molecule has 0 bridgehead atoms. The zero-order chi connectivity index (χ0) is 13.7. The molecule has 3 nitrogen and oxygen atoms in total. The molecule has 1 aliphatic carbocycles. The summed E-state index contributed by atoms with van der Waals surface area (Å²) in [4.78, 5) is 5.75. The highest BCUT2D eigenvalue weighted by molar-refractivity contribution is 7.10. The van der Waals surface area contributed by atoms with E-state index in [9.17, 15) is 4.39 Å². The van der Waals surface area contributed by atoms with Crippen LogP contribution in [0.15, 0.2) is 29.6 Å². The van der Waals surface area contributed by atoms with E-state index in [0.717, 1.165) is 24.8 Å². The molecule has 2 N–H and O–H groups in total. The number of nitrogen functional groups attached to an aromatic ring is 1. The zero-order valence-corrected chi connectivity index (χ0v) is 11.7. The van der Waals surface area contributed by atoms with Gasteiger partial charge in [-0.1, -0.05) is 0 Å². The minimum atomic E-state index is -0.276. The molecule has 102 valence electrons. The monoisotopic (exact) mass is 287 g/mol. The number of anilines is 1. The summed E-state index contributed by atoms with van der Waals surface area (Å²) in [5.41, 5.74) is 8.98. The highest BCUT2D eigenvalue weighted by atomic mass is 32.1. The predicted octanol–water partition coefficient (Wildman–Crippen LogP) is 3.74. The predicted molar refractivity (Wildman–Crippen MR) is 79.5 cm³/mol. The van der Waals surface area contributed by atoms with Gasteiger partial charge < -0.3 is 10.3 Å². The number of thiophene rings is 1. The average Bonchev–Trinajstić information content (AvgIpc) is 3.01. The fourth-order valence-corrected chi connectivity index (χ4v) is 4.13. The highest BCUT2D eigenvalue weighted by Crippen LogP contribution is 2.38. The number of aryl methyl sites for hydroxylation is 1. The van der Waals surface area contributed by atoms with Crippen molar-refractivity contribution >= 4 is 28.3 Å². The van der Waals surface area contributed by atoms with Crippen molar-refractivity contribution in [2.24, 2.45) is 0 Å². The van der Waals surface area contributed by atoms with Crippen molar-refractivity contribution in [3.63, 3.8) is 0 Å². The Kier molecular flexibility index (Phi) is 2.57. The van der Waals surface area contributed by atoms with E-state index in [0.29, 0.717) is 11.5 Å². The van der Waals surface area contributed by atoms with Crippen molar-refractivity contribution in [2.75, 3.05) is 5.73 Å². The lowest BCUT2D eigenvalue weighted by Gasteiger charge is -2.25. The van der Waals surface area contributed by atoms with E-state index < -0.39 is 0 Å². The molecule has 2 aromatic heterocycles. The summed E-state index contributed by atoms with van der Waals surface area (Å²) >= 11 is 1.81. The molecule has 1 aliphatic rings. The van der Waals surface area contributed by atoms with E-state index in [4.69, 9.17) is 5.73 Å². The lowest BCUT2D eigenvalue weighted by atomic mass is 9.93. The molecule has 2 heterocycles. The molecule has 1 atom stereocenters. The van der Waals surface area contributed by atoms with Gasteiger partial charge >= 0.3 is 0 Å². The van der Waals surface area contributed by atoms with Gasteiger partial charge in [0.05, 0.1) is 17.1 Å². The lowest BCUT2D eigenvalue weighted by molar-refractivity contribution is 0.510. The van der Waals surface area contributed by atoms with E-state index in [1.54, 1.807) is 17.4 Å². The molecular formula is C15H14FN3S. The maximum absolute atomic E-state index is 13.3. The summed E-state index contributed by atoms with van der Waals surface area (Å²) in [6.45, 7) is 0. The first-order chi connectivity index (χ1) is 9.74. The molecule has 0 saturated heterocycles. The fraction of sp³-hybridized carbons (Fsp3) is 0.267. The van der Waals surface area contributed by atoms with Crippen molar-refractivity contribution in [2.45, 2.75) is 25.3 Å². The van der Waals surface area contributed by atoms with Crippen LogP contribution in [0, 0.1) is 5.82 Å². The van der Waals surface area contributed by atoms with Crippen molar-refractivity contribution in [1.82, 2.24) is 9.55 Å². The lowest BCUT2D eigenvalue weighted by Crippen LogP contribution is -2.17. The first-order valence-corrected chi connectivity index (χ1v) is 7.61. The second kappa shape index (κ2) is 4.31. The van der Waals surface area contributed by atoms with Crippen LogP contribution in [0.2, 0.25) is 0 Å². The summed E-state index contributed by atoms with van der Waals surface area (Å²) in [5, 5.41) is 2.14. The van der Waals surface area contributed by atoms with Gasteiger partial charge in [-0.25, -0.2) is 9.37 Å². The van der Waals surface area contributed by atoms with E-state index in [2.05, 4.69) is 21.0 Å². The Morgan fingerprint density at radius 1 is 1.35 bits per heavy atom. The number of aromatic nitrogens is 2. The summed E-state index contributed by atoms with van der Waals surface area (Å²) in [7, 11) is 0. The van der Waals surface area contributed by atoms with Gasteiger partial charge in [0.15, 0.2) is 0 Å². The van der Waals surface area contributed by atoms with Gasteiger partial charge in [0.1, 0.15) is 5.82 Å². The number of benzene rings is 1. The third kappa shape index (κ3) is 1.66. The molecule has 3 aromatic rings. The molecule has 0 spiro atoms. The first kappa shape index (κ1) is 11.9. The van der Waals surface area contributed by atoms with Gasteiger partial charge in [-0.05, 0) is 48.4 Å². The number of rotatable bonds is 1. The molecular weight excluding hydrogens is 273 g/mol. The van der Waals surface area contributed by atoms with Crippen LogP contribution in [-0.2, 0) is 6.42 Å². The number of nitrogens with two attached hydrogens (primary N) is 1. The maximum Gasteiger partial charge on any atom is 0.201 e. The van der Waals surface area contributed by atoms with E-state index in [-0.39, 0.29) is 11.9 Å². The van der Waals surface area contributed by atoms with Crippen LogP contribution in [0.1, 0.15) is 29.3 Å². The highest BCUT2D eigenvalue weighted by Gasteiger charge is 2.25. The van der Waals surface area contributed by atoms with Crippen molar-refractivity contribution in [1.29, 1.82) is 0 Å². The smallest absolute Gasteiger partial charge is 0.201 e. The van der Waals surface area contributed by atoms with Gasteiger partial charge in [-0.2, -0.15) is 0 Å². The van der Waals surface area contributed by atoms with Crippen LogP contribution in [0.4, 0.5) is 10.3 Å². The second-order valence-corrected chi connectivity index (χ2v) is 6.18. The third-order valence-corrected chi connectivity index (χ3v) is 5.01. The number of nitrogens with zero attached hydrogens (tertiary/aromatic N) is 2. The molecule has 0 radical (unpaired) electrons. The molecule has 0 saturated carbocycles. The third-order valence-electron chi connectivity index (χ3n) is 4.01. The van der Waals surface area contributed by atoms with Gasteiger partial charge in [0.2, 0.25) is 5.95 Å².